The van der Waals surface area contributed by atoms with Crippen LogP contribution in [0, 0.1) is 13.8 Å². The molecule has 0 radical (unpaired) electrons. The first-order chi connectivity index (χ1) is 15.6. The van der Waals surface area contributed by atoms with Gasteiger partial charge in [0.1, 0.15) is 0 Å². The number of likely N-dealkylation sites (tertiary alicyclic amines) is 1. The molecule has 0 spiro atoms. The largest absolute Gasteiger partial charge is 0.381 e. The monoisotopic (exact) mass is 439 g/mol. The molecule has 5 rings (SSSR count). The average molecular weight is 440 g/mol. The number of aryl methyl sites for hydroxylation is 2. The fourth-order valence-corrected chi connectivity index (χ4v) is 6.04. The van der Waals surface area contributed by atoms with Crippen molar-refractivity contribution in [2.45, 2.75) is 96.2 Å². The molecule has 32 heavy (non-hydrogen) atoms. The molecule has 1 saturated carbocycles. The highest BCUT2D eigenvalue weighted by Gasteiger charge is 2.34. The lowest BCUT2D eigenvalue weighted by molar-refractivity contribution is -0.121. The molecule has 0 unspecified atom stereocenters. The lowest BCUT2D eigenvalue weighted by Gasteiger charge is -2.34. The van der Waals surface area contributed by atoms with Crippen LogP contribution in [-0.2, 0) is 16.0 Å². The third kappa shape index (κ3) is 4.42. The van der Waals surface area contributed by atoms with Crippen molar-refractivity contribution in [1.29, 1.82) is 0 Å². The molecule has 0 bridgehead atoms. The van der Waals surface area contributed by atoms with Gasteiger partial charge < -0.3 is 10.1 Å². The topological polar surface area (TPSA) is 71.8 Å². The highest BCUT2D eigenvalue weighted by Crippen LogP contribution is 2.36. The average Bonchev–Trinajstić information content (AvgIpc) is 3.54. The molecule has 2 aromatic heterocycles. The van der Waals surface area contributed by atoms with Gasteiger partial charge in [-0.3, -0.25) is 9.69 Å². The first-order valence-electron chi connectivity index (χ1n) is 12.6. The summed E-state index contributed by atoms with van der Waals surface area (Å²) in [5, 5.41) is 8.24. The van der Waals surface area contributed by atoms with E-state index in [0.717, 1.165) is 80.2 Å². The van der Waals surface area contributed by atoms with Gasteiger partial charge in [0.2, 0.25) is 5.91 Å². The van der Waals surface area contributed by atoms with Crippen LogP contribution in [-0.4, -0.2) is 57.2 Å². The summed E-state index contributed by atoms with van der Waals surface area (Å²) >= 11 is 0. The van der Waals surface area contributed by atoms with Crippen molar-refractivity contribution >= 4 is 11.6 Å². The zero-order chi connectivity index (χ0) is 22.1. The highest BCUT2D eigenvalue weighted by atomic mass is 16.5. The fraction of sp³-hybridized carbons (Fsp3) is 0.720. The molecule has 3 fully saturated rings. The van der Waals surface area contributed by atoms with Crippen LogP contribution in [0.3, 0.4) is 0 Å². The van der Waals surface area contributed by atoms with Gasteiger partial charge in [0.25, 0.3) is 0 Å². The summed E-state index contributed by atoms with van der Waals surface area (Å²) < 4.78 is 7.59. The van der Waals surface area contributed by atoms with Crippen molar-refractivity contribution in [1.82, 2.24) is 24.8 Å². The second-order valence-electron chi connectivity index (χ2n) is 9.89. The van der Waals surface area contributed by atoms with Crippen LogP contribution < -0.4 is 5.32 Å². The zero-order valence-electron chi connectivity index (χ0n) is 19.6. The number of carbonyl (C=O) groups excluding carboxylic acids is 1. The third-order valence-electron chi connectivity index (χ3n) is 7.80. The maximum atomic E-state index is 12.5. The molecule has 1 aliphatic carbocycles. The predicted molar refractivity (Wildman–Crippen MR) is 124 cm³/mol. The van der Waals surface area contributed by atoms with Gasteiger partial charge in [-0.25, -0.2) is 9.50 Å². The quantitative estimate of drug-likeness (QED) is 0.744. The SMILES string of the molecule is Cc1nc2cc([C@H]3CCCN3C3CCOCC3)nn2c(C)c1CCC(=O)NC1CCCC1. The van der Waals surface area contributed by atoms with E-state index < -0.39 is 0 Å². The summed E-state index contributed by atoms with van der Waals surface area (Å²) in [4.78, 5) is 20.0. The number of carbonyl (C=O) groups is 1. The van der Waals surface area contributed by atoms with Crippen molar-refractivity contribution in [2.24, 2.45) is 0 Å². The molecule has 2 aromatic rings. The Morgan fingerprint density at radius 1 is 1.12 bits per heavy atom. The van der Waals surface area contributed by atoms with Gasteiger partial charge >= 0.3 is 0 Å². The van der Waals surface area contributed by atoms with Crippen LogP contribution in [0.15, 0.2) is 6.07 Å². The molecular formula is C25H37N5O2. The van der Waals surface area contributed by atoms with Crippen LogP contribution in [0.5, 0.6) is 0 Å². The summed E-state index contributed by atoms with van der Waals surface area (Å²) in [5.41, 5.74) is 5.35. The van der Waals surface area contributed by atoms with Crippen LogP contribution in [0.4, 0.5) is 0 Å². The molecule has 7 heteroatoms. The number of amides is 1. The molecule has 2 aliphatic heterocycles. The van der Waals surface area contributed by atoms with Crippen molar-refractivity contribution < 1.29 is 9.53 Å². The van der Waals surface area contributed by atoms with E-state index >= 15 is 0 Å². The lowest BCUT2D eigenvalue weighted by Crippen LogP contribution is -2.39. The van der Waals surface area contributed by atoms with E-state index in [2.05, 4.69) is 30.1 Å². The molecule has 7 nitrogen and oxygen atoms in total. The van der Waals surface area contributed by atoms with Crippen molar-refractivity contribution in [3.63, 3.8) is 0 Å². The maximum Gasteiger partial charge on any atom is 0.220 e. The molecule has 1 amide bonds. The van der Waals surface area contributed by atoms with Gasteiger partial charge in [0, 0.05) is 49.2 Å². The van der Waals surface area contributed by atoms with E-state index in [4.69, 9.17) is 14.8 Å². The molecule has 174 valence electrons. The Kier molecular flexibility index (Phi) is 6.47. The van der Waals surface area contributed by atoms with Gasteiger partial charge in [-0.05, 0) is 70.9 Å². The minimum Gasteiger partial charge on any atom is -0.381 e. The highest BCUT2D eigenvalue weighted by molar-refractivity contribution is 5.76. The molecule has 1 atom stereocenters. The molecule has 1 N–H and O–H groups in total. The van der Waals surface area contributed by atoms with E-state index in [9.17, 15) is 4.79 Å². The fourth-order valence-electron chi connectivity index (χ4n) is 6.04. The van der Waals surface area contributed by atoms with Crippen LogP contribution in [0.1, 0.15) is 86.5 Å². The normalized spacial score (nSPS) is 23.4. The number of rotatable bonds is 6. The summed E-state index contributed by atoms with van der Waals surface area (Å²) in [5.74, 6) is 0.162. The van der Waals surface area contributed by atoms with E-state index in [1.807, 2.05) is 4.52 Å². The predicted octanol–water partition coefficient (Wildman–Crippen LogP) is 3.65. The molecular weight excluding hydrogens is 402 g/mol. The Balaban J connectivity index is 1.32. The number of ether oxygens (including phenoxy) is 1. The molecule has 2 saturated heterocycles. The third-order valence-corrected chi connectivity index (χ3v) is 7.80. The van der Waals surface area contributed by atoms with Crippen molar-refractivity contribution in [3.05, 3.63) is 28.7 Å². The van der Waals surface area contributed by atoms with E-state index in [-0.39, 0.29) is 5.91 Å². The zero-order valence-corrected chi connectivity index (χ0v) is 19.6. The van der Waals surface area contributed by atoms with Gasteiger partial charge in [-0.2, -0.15) is 5.10 Å². The number of fused-ring (bicyclic) bond motifs is 1. The Hall–Kier alpha value is -1.99. The lowest BCUT2D eigenvalue weighted by atomic mass is 10.0. The van der Waals surface area contributed by atoms with Crippen molar-refractivity contribution in [2.75, 3.05) is 19.8 Å². The van der Waals surface area contributed by atoms with Gasteiger partial charge in [-0.1, -0.05) is 12.8 Å². The maximum absolute atomic E-state index is 12.5. The molecule has 0 aromatic carbocycles. The number of aromatic nitrogens is 3. The number of hydrogen-bond acceptors (Lipinski definition) is 5. The van der Waals surface area contributed by atoms with E-state index in [1.165, 1.54) is 19.3 Å². The summed E-state index contributed by atoms with van der Waals surface area (Å²) in [7, 11) is 0. The Morgan fingerprint density at radius 2 is 1.91 bits per heavy atom. The minimum absolute atomic E-state index is 0.162. The number of nitrogens with one attached hydrogen (secondary N) is 1. The Morgan fingerprint density at radius 3 is 2.69 bits per heavy atom. The Labute approximate surface area is 190 Å². The summed E-state index contributed by atoms with van der Waals surface area (Å²) in [6.07, 6.45) is 10.6. The van der Waals surface area contributed by atoms with Crippen LogP contribution in [0.2, 0.25) is 0 Å². The Bertz CT molecular complexity index is 959. The molecule has 3 aliphatic rings. The second kappa shape index (κ2) is 9.48. The first-order valence-corrected chi connectivity index (χ1v) is 12.6. The van der Waals surface area contributed by atoms with E-state index in [0.29, 0.717) is 31.0 Å². The number of hydrogen-bond donors (Lipinski definition) is 1. The van der Waals surface area contributed by atoms with E-state index in [1.54, 1.807) is 0 Å². The van der Waals surface area contributed by atoms with Gasteiger partial charge in [0.05, 0.1) is 11.7 Å². The van der Waals surface area contributed by atoms with Gasteiger partial charge in [0.15, 0.2) is 5.65 Å². The smallest absolute Gasteiger partial charge is 0.220 e. The summed E-state index contributed by atoms with van der Waals surface area (Å²) in [6, 6.07) is 3.54. The number of nitrogens with zero attached hydrogens (tertiary/aromatic N) is 4. The van der Waals surface area contributed by atoms with Crippen LogP contribution >= 0.6 is 0 Å². The molecule has 4 heterocycles. The standard InChI is InChI=1S/C25H37N5O2/c1-17-21(9-10-25(31)27-19-6-3-4-7-19)18(2)30-24(26-17)16-22(28-30)23-8-5-13-29(23)20-11-14-32-15-12-20/h16,19-20,23H,3-15H2,1-2H3,(H,27,31)/t23-/m1/s1. The van der Waals surface area contributed by atoms with Gasteiger partial charge in [-0.15, -0.1) is 0 Å². The van der Waals surface area contributed by atoms with Crippen molar-refractivity contribution in [3.8, 4) is 0 Å². The first kappa shape index (κ1) is 21.8. The van der Waals surface area contributed by atoms with Crippen LogP contribution in [0.25, 0.3) is 5.65 Å². The summed E-state index contributed by atoms with van der Waals surface area (Å²) in [6.45, 7) is 7.07. The second-order valence-corrected chi connectivity index (χ2v) is 9.89. The minimum atomic E-state index is 0.162.